The third kappa shape index (κ3) is 7.68. The predicted molar refractivity (Wildman–Crippen MR) is 54.5 cm³/mol. The van der Waals surface area contributed by atoms with E-state index >= 15 is 0 Å². The van der Waals surface area contributed by atoms with Crippen molar-refractivity contribution in [3.05, 3.63) is 29.8 Å². The van der Waals surface area contributed by atoms with Gasteiger partial charge in [0.05, 0.1) is 12.2 Å². The Morgan fingerprint density at radius 3 is 2.25 bits per heavy atom. The molecule has 4 nitrogen and oxygen atoms in total. The zero-order valence-corrected chi connectivity index (χ0v) is 14.0. The number of carbonyl (C=O) groups is 1. The SMILES string of the molecule is CCCOC(=O)c1ccc(O)cc1.O.[H-].[H-].[Na+].[Na+]. The Labute approximate surface area is 142 Å². The molecule has 0 amide bonds. The third-order valence-electron chi connectivity index (χ3n) is 1.54. The van der Waals surface area contributed by atoms with Crippen LogP contribution < -0.4 is 59.1 Å². The minimum Gasteiger partial charge on any atom is -1.00 e. The Morgan fingerprint density at radius 2 is 1.81 bits per heavy atom. The van der Waals surface area contributed by atoms with Gasteiger partial charge in [0.15, 0.2) is 0 Å². The maximum Gasteiger partial charge on any atom is 1.00 e. The molecule has 1 aromatic rings. The fourth-order valence-electron chi connectivity index (χ4n) is 0.876. The van der Waals surface area contributed by atoms with Gasteiger partial charge >= 0.3 is 65.1 Å². The molecule has 16 heavy (non-hydrogen) atoms. The molecular formula is C10H16Na2O4. The van der Waals surface area contributed by atoms with E-state index in [1.54, 1.807) is 0 Å². The molecule has 0 atom stereocenters. The van der Waals surface area contributed by atoms with Crippen LogP contribution in [0.5, 0.6) is 5.75 Å². The van der Waals surface area contributed by atoms with Crippen LogP contribution in [0.25, 0.3) is 0 Å². The number of esters is 1. The van der Waals surface area contributed by atoms with E-state index in [1.165, 1.54) is 24.3 Å². The van der Waals surface area contributed by atoms with Crippen molar-refractivity contribution in [1.82, 2.24) is 0 Å². The van der Waals surface area contributed by atoms with Crippen LogP contribution in [-0.2, 0) is 4.74 Å². The second-order valence-corrected chi connectivity index (χ2v) is 2.68. The van der Waals surface area contributed by atoms with Crippen molar-refractivity contribution in [2.75, 3.05) is 6.61 Å². The van der Waals surface area contributed by atoms with Crippen molar-refractivity contribution in [3.63, 3.8) is 0 Å². The van der Waals surface area contributed by atoms with Gasteiger partial charge in [-0.2, -0.15) is 0 Å². The monoisotopic (exact) mass is 246 g/mol. The molecule has 0 unspecified atom stereocenters. The average Bonchev–Trinajstić information content (AvgIpc) is 2.15. The van der Waals surface area contributed by atoms with Crippen molar-refractivity contribution >= 4 is 5.97 Å². The molecule has 1 aromatic carbocycles. The molecule has 0 aliphatic carbocycles. The minimum atomic E-state index is -0.346. The van der Waals surface area contributed by atoms with E-state index in [-0.39, 0.29) is 79.2 Å². The maximum absolute atomic E-state index is 11.2. The van der Waals surface area contributed by atoms with Crippen molar-refractivity contribution in [2.45, 2.75) is 13.3 Å². The van der Waals surface area contributed by atoms with Crippen LogP contribution in [0.4, 0.5) is 0 Å². The van der Waals surface area contributed by atoms with Crippen LogP contribution in [0.1, 0.15) is 26.6 Å². The molecule has 82 valence electrons. The van der Waals surface area contributed by atoms with Gasteiger partial charge in [-0.25, -0.2) is 4.79 Å². The first-order valence-electron chi connectivity index (χ1n) is 4.20. The van der Waals surface area contributed by atoms with Crippen molar-refractivity contribution in [3.8, 4) is 5.75 Å². The smallest absolute Gasteiger partial charge is 1.00 e. The molecule has 0 aliphatic rings. The minimum absolute atomic E-state index is 0. The van der Waals surface area contributed by atoms with Crippen molar-refractivity contribution in [1.29, 1.82) is 0 Å². The number of phenols is 1. The standard InChI is InChI=1S/C10H12O3.2Na.H2O.2H/c1-2-7-13-10(12)8-3-5-9(11)6-4-8;;;;;/h3-6,11H,2,7H2,1H3;;;1H2;;/q;2*+1;;2*-1. The number of carbonyl (C=O) groups excluding carboxylic acids is 1. The van der Waals surface area contributed by atoms with E-state index in [4.69, 9.17) is 9.84 Å². The Balaban J connectivity index is -0.000000113. The molecule has 6 heteroatoms. The zero-order valence-electron chi connectivity index (χ0n) is 12.0. The van der Waals surface area contributed by atoms with Gasteiger partial charge in [-0.05, 0) is 30.7 Å². The molecule has 0 spiro atoms. The van der Waals surface area contributed by atoms with Crippen LogP contribution in [0.3, 0.4) is 0 Å². The van der Waals surface area contributed by atoms with Gasteiger partial charge in [-0.3, -0.25) is 0 Å². The molecule has 3 N–H and O–H groups in total. The molecule has 0 saturated carbocycles. The van der Waals surface area contributed by atoms with Crippen LogP contribution in [0.15, 0.2) is 24.3 Å². The van der Waals surface area contributed by atoms with E-state index < -0.39 is 0 Å². The molecule has 0 aliphatic heterocycles. The summed E-state index contributed by atoms with van der Waals surface area (Å²) in [6.45, 7) is 2.36. The van der Waals surface area contributed by atoms with E-state index in [1.807, 2.05) is 6.92 Å². The number of aromatic hydroxyl groups is 1. The maximum atomic E-state index is 11.2. The Bertz CT molecular complexity index is 296. The Hall–Kier alpha value is 0.450. The van der Waals surface area contributed by atoms with E-state index in [9.17, 15) is 4.79 Å². The summed E-state index contributed by atoms with van der Waals surface area (Å²) in [5.74, 6) is -0.200. The number of rotatable bonds is 3. The van der Waals surface area contributed by atoms with E-state index in [0.29, 0.717) is 12.2 Å². The summed E-state index contributed by atoms with van der Waals surface area (Å²) in [7, 11) is 0. The number of hydrogen-bond donors (Lipinski definition) is 1. The van der Waals surface area contributed by atoms with Crippen LogP contribution in [0, 0.1) is 0 Å². The molecule has 0 bridgehead atoms. The summed E-state index contributed by atoms with van der Waals surface area (Å²) in [5, 5.41) is 8.96. The van der Waals surface area contributed by atoms with E-state index in [0.717, 1.165) is 6.42 Å². The summed E-state index contributed by atoms with van der Waals surface area (Å²) >= 11 is 0. The molecule has 0 aromatic heterocycles. The number of phenolic OH excluding ortho intramolecular Hbond substituents is 1. The van der Waals surface area contributed by atoms with Gasteiger partial charge in [-0.15, -0.1) is 0 Å². The molecule has 0 saturated heterocycles. The normalized spacial score (nSPS) is 7.81. The van der Waals surface area contributed by atoms with Gasteiger partial charge in [0.2, 0.25) is 0 Å². The Kier molecular flexibility index (Phi) is 16.2. The molecular weight excluding hydrogens is 230 g/mol. The van der Waals surface area contributed by atoms with Gasteiger partial charge in [0, 0.05) is 0 Å². The second-order valence-electron chi connectivity index (χ2n) is 2.68. The molecule has 0 fully saturated rings. The largest absolute Gasteiger partial charge is 1.00 e. The fourth-order valence-corrected chi connectivity index (χ4v) is 0.876. The van der Waals surface area contributed by atoms with Gasteiger partial charge in [0.1, 0.15) is 5.75 Å². The number of hydrogen-bond acceptors (Lipinski definition) is 3. The van der Waals surface area contributed by atoms with E-state index in [2.05, 4.69) is 0 Å². The molecule has 0 heterocycles. The first kappa shape index (κ1) is 21.7. The summed E-state index contributed by atoms with van der Waals surface area (Å²) in [5.41, 5.74) is 0.464. The van der Waals surface area contributed by atoms with Gasteiger partial charge in [-0.1, -0.05) is 6.92 Å². The van der Waals surface area contributed by atoms with Gasteiger partial charge in [0.25, 0.3) is 0 Å². The quantitative estimate of drug-likeness (QED) is 0.430. The summed E-state index contributed by atoms with van der Waals surface area (Å²) in [4.78, 5) is 11.2. The molecule has 0 radical (unpaired) electrons. The summed E-state index contributed by atoms with van der Waals surface area (Å²) in [6, 6.07) is 5.99. The van der Waals surface area contributed by atoms with Crippen molar-refractivity contribution in [2.24, 2.45) is 0 Å². The van der Waals surface area contributed by atoms with Crippen LogP contribution in [-0.4, -0.2) is 23.2 Å². The van der Waals surface area contributed by atoms with Crippen molar-refractivity contribution < 1.29 is 82.1 Å². The molecule has 1 rings (SSSR count). The third-order valence-corrected chi connectivity index (χ3v) is 1.54. The van der Waals surface area contributed by atoms with Crippen LogP contribution in [0.2, 0.25) is 0 Å². The number of ether oxygens (including phenoxy) is 1. The topological polar surface area (TPSA) is 78.0 Å². The average molecular weight is 246 g/mol. The second kappa shape index (κ2) is 11.9. The first-order chi connectivity index (χ1) is 6.24. The zero-order chi connectivity index (χ0) is 9.68. The number of benzene rings is 1. The Morgan fingerprint density at radius 1 is 1.31 bits per heavy atom. The van der Waals surface area contributed by atoms with Gasteiger partial charge < -0.3 is 18.2 Å². The first-order valence-corrected chi connectivity index (χ1v) is 4.20. The summed E-state index contributed by atoms with van der Waals surface area (Å²) in [6.07, 6.45) is 0.809. The summed E-state index contributed by atoms with van der Waals surface area (Å²) < 4.78 is 4.90. The predicted octanol–water partition coefficient (Wildman–Crippen LogP) is -4.63. The van der Waals surface area contributed by atoms with Crippen LogP contribution >= 0.6 is 0 Å². The fraction of sp³-hybridized carbons (Fsp3) is 0.300.